The molecule has 3 nitrogen and oxygen atoms in total. The fourth-order valence-corrected chi connectivity index (χ4v) is 5.08. The van der Waals surface area contributed by atoms with Gasteiger partial charge in [0.1, 0.15) is 0 Å². The van der Waals surface area contributed by atoms with Gasteiger partial charge in [-0.2, -0.15) is 13.2 Å². The zero-order chi connectivity index (χ0) is 20.4. The van der Waals surface area contributed by atoms with Crippen LogP contribution in [0.2, 0.25) is 0 Å². The smallest absolute Gasteiger partial charge is 0.306 e. The molecule has 2 saturated heterocycles. The first-order chi connectivity index (χ1) is 13.2. The molecule has 0 spiro atoms. The predicted molar refractivity (Wildman–Crippen MR) is 107 cm³/mol. The number of halogens is 3. The number of nitrogens with zero attached hydrogens (tertiary/aromatic N) is 3. The lowest BCUT2D eigenvalue weighted by atomic mass is 9.81. The minimum Gasteiger partial charge on any atom is -0.306 e. The second kappa shape index (κ2) is 8.72. The summed E-state index contributed by atoms with van der Waals surface area (Å²) in [6.07, 6.45) is 0.818. The third kappa shape index (κ3) is 5.28. The molecule has 0 amide bonds. The van der Waals surface area contributed by atoms with Gasteiger partial charge in [0, 0.05) is 25.2 Å². The number of benzene rings is 1. The van der Waals surface area contributed by atoms with Gasteiger partial charge in [-0.05, 0) is 83.9 Å². The van der Waals surface area contributed by atoms with E-state index in [2.05, 4.69) is 35.8 Å². The van der Waals surface area contributed by atoms with Crippen molar-refractivity contribution < 1.29 is 13.2 Å². The molecule has 2 fully saturated rings. The van der Waals surface area contributed by atoms with Gasteiger partial charge in [0.25, 0.3) is 0 Å². The lowest BCUT2D eigenvalue weighted by Gasteiger charge is -2.48. The zero-order valence-electron chi connectivity index (χ0n) is 17.4. The molecule has 0 saturated carbocycles. The Morgan fingerprint density at radius 1 is 1.18 bits per heavy atom. The fourth-order valence-electron chi connectivity index (χ4n) is 5.08. The molecular formula is C22H34F3N3. The van der Waals surface area contributed by atoms with Gasteiger partial charge in [-0.1, -0.05) is 18.2 Å². The van der Waals surface area contributed by atoms with Crippen molar-refractivity contribution in [2.45, 2.75) is 43.8 Å². The van der Waals surface area contributed by atoms with Crippen LogP contribution in [0.3, 0.4) is 0 Å². The Bertz CT molecular complexity index is 648. The molecule has 2 aliphatic rings. The minimum absolute atomic E-state index is 0.0440. The van der Waals surface area contributed by atoms with Gasteiger partial charge in [0.2, 0.25) is 0 Å². The molecule has 6 heteroatoms. The number of aryl methyl sites for hydroxylation is 1. The second-order valence-electron chi connectivity index (χ2n) is 9.06. The topological polar surface area (TPSA) is 9.72 Å². The lowest BCUT2D eigenvalue weighted by Crippen LogP contribution is -2.58. The maximum atomic E-state index is 13.1. The van der Waals surface area contributed by atoms with E-state index in [0.29, 0.717) is 12.3 Å². The quantitative estimate of drug-likeness (QED) is 0.719. The average molecular weight is 398 g/mol. The Hall–Kier alpha value is -1.11. The predicted octanol–water partition coefficient (Wildman–Crippen LogP) is 3.99. The van der Waals surface area contributed by atoms with Crippen LogP contribution >= 0.6 is 0 Å². The van der Waals surface area contributed by atoms with Crippen molar-refractivity contribution in [3.63, 3.8) is 0 Å². The summed E-state index contributed by atoms with van der Waals surface area (Å²) in [7, 11) is 6.57. The van der Waals surface area contributed by atoms with Gasteiger partial charge < -0.3 is 9.80 Å². The Labute approximate surface area is 167 Å². The summed E-state index contributed by atoms with van der Waals surface area (Å²) in [4.78, 5) is 7.30. The van der Waals surface area contributed by atoms with Crippen LogP contribution in [0.1, 0.15) is 36.8 Å². The van der Waals surface area contributed by atoms with Crippen molar-refractivity contribution >= 4 is 0 Å². The molecule has 2 heterocycles. The highest BCUT2D eigenvalue weighted by Crippen LogP contribution is 2.34. The van der Waals surface area contributed by atoms with Crippen LogP contribution in [-0.2, 0) is 12.6 Å². The number of hydrogen-bond acceptors (Lipinski definition) is 3. The van der Waals surface area contributed by atoms with Crippen molar-refractivity contribution in [3.05, 3.63) is 35.4 Å². The van der Waals surface area contributed by atoms with Gasteiger partial charge in [-0.15, -0.1) is 0 Å². The van der Waals surface area contributed by atoms with E-state index < -0.39 is 11.7 Å². The third-order valence-corrected chi connectivity index (χ3v) is 6.71. The summed E-state index contributed by atoms with van der Waals surface area (Å²) in [5.41, 5.74) is 0.293. The van der Waals surface area contributed by atoms with Crippen LogP contribution in [0.15, 0.2) is 24.3 Å². The summed E-state index contributed by atoms with van der Waals surface area (Å²) >= 11 is 0. The number of hydrogen-bond donors (Lipinski definition) is 0. The van der Waals surface area contributed by atoms with E-state index in [9.17, 15) is 13.2 Å². The van der Waals surface area contributed by atoms with E-state index in [1.165, 1.54) is 18.6 Å². The van der Waals surface area contributed by atoms with E-state index in [-0.39, 0.29) is 5.54 Å². The van der Waals surface area contributed by atoms with E-state index in [1.807, 2.05) is 6.07 Å². The normalized spacial score (nSPS) is 27.6. The van der Waals surface area contributed by atoms with Crippen molar-refractivity contribution in [1.29, 1.82) is 0 Å². The van der Waals surface area contributed by atoms with Crippen LogP contribution < -0.4 is 0 Å². The number of likely N-dealkylation sites (N-methyl/N-ethyl adjacent to an activating group) is 2. The van der Waals surface area contributed by atoms with Gasteiger partial charge in [0.15, 0.2) is 0 Å². The van der Waals surface area contributed by atoms with Crippen molar-refractivity contribution in [2.24, 2.45) is 5.92 Å². The second-order valence-corrected chi connectivity index (χ2v) is 9.06. The molecule has 2 unspecified atom stereocenters. The number of alkyl halides is 3. The molecule has 3 rings (SSSR count). The maximum Gasteiger partial charge on any atom is 0.416 e. The Kier molecular flexibility index (Phi) is 6.72. The van der Waals surface area contributed by atoms with E-state index >= 15 is 0 Å². The molecule has 1 aromatic carbocycles. The van der Waals surface area contributed by atoms with Crippen LogP contribution in [0, 0.1) is 5.92 Å². The van der Waals surface area contributed by atoms with Crippen molar-refractivity contribution in [2.75, 3.05) is 53.9 Å². The van der Waals surface area contributed by atoms with Crippen LogP contribution in [0.4, 0.5) is 13.2 Å². The van der Waals surface area contributed by atoms with Crippen LogP contribution in [0.25, 0.3) is 0 Å². The molecule has 0 aromatic heterocycles. The molecule has 158 valence electrons. The lowest BCUT2D eigenvalue weighted by molar-refractivity contribution is -0.137. The van der Waals surface area contributed by atoms with Crippen molar-refractivity contribution in [3.8, 4) is 0 Å². The van der Waals surface area contributed by atoms with Gasteiger partial charge in [-0.25, -0.2) is 0 Å². The Balaban J connectivity index is 1.71. The van der Waals surface area contributed by atoms with Gasteiger partial charge in [-0.3, -0.25) is 4.90 Å². The van der Waals surface area contributed by atoms with Crippen LogP contribution in [0.5, 0.6) is 0 Å². The monoisotopic (exact) mass is 397 g/mol. The molecule has 0 radical (unpaired) electrons. The molecule has 28 heavy (non-hydrogen) atoms. The summed E-state index contributed by atoms with van der Waals surface area (Å²) < 4.78 is 39.2. The molecule has 0 aliphatic carbocycles. The molecule has 2 atom stereocenters. The Morgan fingerprint density at radius 3 is 2.61 bits per heavy atom. The average Bonchev–Trinajstić information content (AvgIpc) is 3.04. The van der Waals surface area contributed by atoms with Gasteiger partial charge >= 0.3 is 6.18 Å². The molecule has 2 aliphatic heterocycles. The highest BCUT2D eigenvalue weighted by Gasteiger charge is 2.39. The summed E-state index contributed by atoms with van der Waals surface area (Å²) in [5.74, 6) is 0.688. The largest absolute Gasteiger partial charge is 0.416 e. The summed E-state index contributed by atoms with van der Waals surface area (Å²) in [6, 6.07) is 5.86. The van der Waals surface area contributed by atoms with E-state index in [1.54, 1.807) is 0 Å². The Morgan fingerprint density at radius 2 is 1.96 bits per heavy atom. The van der Waals surface area contributed by atoms with Gasteiger partial charge in [0.05, 0.1) is 5.56 Å². The summed E-state index contributed by atoms with van der Waals surface area (Å²) in [6.45, 7) is 5.47. The maximum absolute atomic E-state index is 13.1. The first-order valence-electron chi connectivity index (χ1n) is 10.4. The molecular weight excluding hydrogens is 363 g/mol. The number of rotatable bonds is 6. The zero-order valence-corrected chi connectivity index (χ0v) is 17.4. The summed E-state index contributed by atoms with van der Waals surface area (Å²) in [5, 5.41) is 0. The first kappa shape index (κ1) is 21.6. The van der Waals surface area contributed by atoms with Crippen molar-refractivity contribution in [1.82, 2.24) is 14.7 Å². The highest BCUT2D eigenvalue weighted by atomic mass is 19.4. The number of piperidine rings is 1. The fraction of sp³-hybridized carbons (Fsp3) is 0.727. The minimum atomic E-state index is -4.27. The van der Waals surface area contributed by atoms with E-state index in [4.69, 9.17) is 0 Å². The molecule has 0 N–H and O–H groups in total. The highest BCUT2D eigenvalue weighted by molar-refractivity contribution is 5.26. The molecule has 0 bridgehead atoms. The third-order valence-electron chi connectivity index (χ3n) is 6.71. The number of likely N-dealkylation sites (tertiary alicyclic amines) is 2. The van der Waals surface area contributed by atoms with Crippen LogP contribution in [-0.4, -0.2) is 74.1 Å². The van der Waals surface area contributed by atoms with E-state index in [0.717, 1.165) is 63.6 Å². The SMILES string of the molecule is CN1CCC(CN(C)C2(CCc3cccc(C(F)(F)F)c3)CCCN(C)C2)C1. The molecule has 1 aromatic rings. The standard InChI is InChI=1S/C22H34F3N3/c1-26-13-9-19(15-26)16-28(3)21(10-5-12-27(2)17-21)11-8-18-6-4-7-20(14-18)22(23,24)25/h4,6-7,14,19H,5,8-13,15-17H2,1-3H3. The first-order valence-corrected chi connectivity index (χ1v) is 10.4.